The van der Waals surface area contributed by atoms with Gasteiger partial charge in [-0.05, 0) is 25.0 Å². The molecule has 0 radical (unpaired) electrons. The number of anilines is 1. The number of hydrogen-bond acceptors (Lipinski definition) is 6. The quantitative estimate of drug-likeness (QED) is 0.800. The van der Waals surface area contributed by atoms with Gasteiger partial charge in [0, 0.05) is 6.20 Å². The molecule has 0 saturated heterocycles. The SMILES string of the molecule is O=C(Nc1nnc(-c2ccccn2)s1)NC1(CO)CCCC1. The Bertz CT molecular complexity index is 640. The van der Waals surface area contributed by atoms with Crippen molar-refractivity contribution in [1.82, 2.24) is 20.5 Å². The Labute approximate surface area is 131 Å². The van der Waals surface area contributed by atoms with Gasteiger partial charge in [-0.25, -0.2) is 4.79 Å². The van der Waals surface area contributed by atoms with Crippen molar-refractivity contribution in [3.05, 3.63) is 24.4 Å². The largest absolute Gasteiger partial charge is 0.394 e. The van der Waals surface area contributed by atoms with Crippen LogP contribution in [0.5, 0.6) is 0 Å². The highest BCUT2D eigenvalue weighted by Gasteiger charge is 2.34. The minimum Gasteiger partial charge on any atom is -0.394 e. The minimum absolute atomic E-state index is 0.0459. The predicted molar refractivity (Wildman–Crippen MR) is 83.6 cm³/mol. The van der Waals surface area contributed by atoms with Crippen LogP contribution in [0.3, 0.4) is 0 Å². The van der Waals surface area contributed by atoms with E-state index in [4.69, 9.17) is 0 Å². The van der Waals surface area contributed by atoms with Crippen LogP contribution in [-0.4, -0.2) is 38.5 Å². The Hall–Kier alpha value is -2.06. The zero-order valence-electron chi connectivity index (χ0n) is 12.0. The van der Waals surface area contributed by atoms with Gasteiger partial charge in [-0.3, -0.25) is 10.3 Å². The number of nitrogens with zero attached hydrogens (tertiary/aromatic N) is 3. The first kappa shape index (κ1) is 14.9. The number of urea groups is 1. The van der Waals surface area contributed by atoms with Crippen molar-refractivity contribution in [2.24, 2.45) is 0 Å². The summed E-state index contributed by atoms with van der Waals surface area (Å²) in [5.41, 5.74) is 0.217. The number of carbonyl (C=O) groups is 1. The van der Waals surface area contributed by atoms with Gasteiger partial charge in [0.25, 0.3) is 0 Å². The molecule has 8 heteroatoms. The van der Waals surface area contributed by atoms with Gasteiger partial charge in [-0.15, -0.1) is 10.2 Å². The highest BCUT2D eigenvalue weighted by molar-refractivity contribution is 7.18. The van der Waals surface area contributed by atoms with Gasteiger partial charge in [0.1, 0.15) is 5.69 Å². The minimum atomic E-state index is -0.501. The van der Waals surface area contributed by atoms with Gasteiger partial charge < -0.3 is 10.4 Å². The first-order chi connectivity index (χ1) is 10.7. The summed E-state index contributed by atoms with van der Waals surface area (Å²) < 4.78 is 0. The van der Waals surface area contributed by atoms with E-state index in [0.29, 0.717) is 10.1 Å². The van der Waals surface area contributed by atoms with Crippen molar-refractivity contribution in [3.8, 4) is 10.7 Å². The topological polar surface area (TPSA) is 100 Å². The molecule has 0 unspecified atom stereocenters. The van der Waals surface area contributed by atoms with E-state index in [-0.39, 0.29) is 12.6 Å². The Morgan fingerprint density at radius 2 is 2.14 bits per heavy atom. The van der Waals surface area contributed by atoms with E-state index >= 15 is 0 Å². The van der Waals surface area contributed by atoms with Crippen LogP contribution in [0.1, 0.15) is 25.7 Å². The fourth-order valence-corrected chi connectivity index (χ4v) is 3.33. The molecule has 0 spiro atoms. The molecule has 2 heterocycles. The van der Waals surface area contributed by atoms with Crippen molar-refractivity contribution in [1.29, 1.82) is 0 Å². The van der Waals surface area contributed by atoms with Crippen molar-refractivity contribution in [2.75, 3.05) is 11.9 Å². The van der Waals surface area contributed by atoms with Crippen LogP contribution >= 0.6 is 11.3 Å². The van der Waals surface area contributed by atoms with E-state index in [1.165, 1.54) is 11.3 Å². The molecule has 1 fully saturated rings. The van der Waals surface area contributed by atoms with Gasteiger partial charge in [0.2, 0.25) is 5.13 Å². The number of amides is 2. The Morgan fingerprint density at radius 3 is 2.82 bits per heavy atom. The number of aromatic nitrogens is 3. The molecule has 0 aliphatic heterocycles. The van der Waals surface area contributed by atoms with Crippen molar-refractivity contribution in [3.63, 3.8) is 0 Å². The molecule has 0 aromatic carbocycles. The first-order valence-electron chi connectivity index (χ1n) is 7.16. The summed E-state index contributed by atoms with van der Waals surface area (Å²) in [5.74, 6) is 0. The number of pyridine rings is 1. The lowest BCUT2D eigenvalue weighted by Crippen LogP contribution is -2.50. The number of aliphatic hydroxyl groups is 1. The number of aliphatic hydroxyl groups excluding tert-OH is 1. The summed E-state index contributed by atoms with van der Waals surface area (Å²) in [6, 6.07) is 5.17. The molecular formula is C14H17N5O2S. The summed E-state index contributed by atoms with van der Waals surface area (Å²) >= 11 is 1.26. The monoisotopic (exact) mass is 319 g/mol. The number of rotatable bonds is 4. The molecular weight excluding hydrogens is 302 g/mol. The molecule has 3 rings (SSSR count). The summed E-state index contributed by atoms with van der Waals surface area (Å²) in [4.78, 5) is 16.3. The standard InChI is InChI=1S/C14H17N5O2S/c20-9-14(6-2-3-7-14)17-12(21)16-13-19-18-11(22-13)10-5-1-4-8-15-10/h1,4-5,8,20H,2-3,6-7,9H2,(H2,16,17,19,21). The molecule has 0 atom stereocenters. The Kier molecular flexibility index (Phi) is 4.30. The van der Waals surface area contributed by atoms with Crippen LogP contribution in [0.4, 0.5) is 9.93 Å². The molecule has 22 heavy (non-hydrogen) atoms. The summed E-state index contributed by atoms with van der Waals surface area (Å²) in [7, 11) is 0. The van der Waals surface area contributed by atoms with E-state index < -0.39 is 5.54 Å². The lowest BCUT2D eigenvalue weighted by atomic mass is 9.99. The number of hydrogen-bond donors (Lipinski definition) is 3. The zero-order chi connectivity index (χ0) is 15.4. The molecule has 7 nitrogen and oxygen atoms in total. The van der Waals surface area contributed by atoms with Crippen LogP contribution in [0.15, 0.2) is 24.4 Å². The van der Waals surface area contributed by atoms with E-state index in [0.717, 1.165) is 31.4 Å². The molecule has 116 valence electrons. The highest BCUT2D eigenvalue weighted by atomic mass is 32.1. The van der Waals surface area contributed by atoms with Crippen LogP contribution < -0.4 is 10.6 Å². The fourth-order valence-electron chi connectivity index (χ4n) is 2.61. The third-order valence-corrected chi connectivity index (χ3v) is 4.63. The molecule has 3 N–H and O–H groups in total. The second-order valence-electron chi connectivity index (χ2n) is 5.35. The number of nitrogens with one attached hydrogen (secondary N) is 2. The second-order valence-corrected chi connectivity index (χ2v) is 6.33. The lowest BCUT2D eigenvalue weighted by Gasteiger charge is -2.27. The van der Waals surface area contributed by atoms with E-state index in [2.05, 4.69) is 25.8 Å². The van der Waals surface area contributed by atoms with Crippen molar-refractivity contribution < 1.29 is 9.90 Å². The number of carbonyl (C=O) groups excluding carboxylic acids is 1. The van der Waals surface area contributed by atoms with Gasteiger partial charge >= 0.3 is 6.03 Å². The fraction of sp³-hybridized carbons (Fsp3) is 0.429. The van der Waals surface area contributed by atoms with Gasteiger partial charge in [-0.1, -0.05) is 30.2 Å². The maximum absolute atomic E-state index is 12.1. The smallest absolute Gasteiger partial charge is 0.321 e. The Morgan fingerprint density at radius 1 is 1.32 bits per heavy atom. The summed E-state index contributed by atoms with van der Waals surface area (Å²) in [6.07, 6.45) is 5.31. The summed E-state index contributed by atoms with van der Waals surface area (Å²) in [5, 5.41) is 24.1. The highest BCUT2D eigenvalue weighted by Crippen LogP contribution is 2.29. The molecule has 0 bridgehead atoms. The molecule has 2 amide bonds. The third kappa shape index (κ3) is 3.23. The Balaban J connectivity index is 1.64. The average molecular weight is 319 g/mol. The van der Waals surface area contributed by atoms with Gasteiger partial charge in [0.05, 0.1) is 12.1 Å². The predicted octanol–water partition coefficient (Wildman–Crippen LogP) is 2.03. The lowest BCUT2D eigenvalue weighted by molar-refractivity contribution is 0.167. The van der Waals surface area contributed by atoms with Crippen LogP contribution in [-0.2, 0) is 0 Å². The van der Waals surface area contributed by atoms with Gasteiger partial charge in [-0.2, -0.15) is 0 Å². The normalized spacial score (nSPS) is 16.4. The zero-order valence-corrected chi connectivity index (χ0v) is 12.8. The van der Waals surface area contributed by atoms with E-state index in [1.807, 2.05) is 18.2 Å². The molecule has 2 aromatic rings. The van der Waals surface area contributed by atoms with Crippen LogP contribution in [0, 0.1) is 0 Å². The first-order valence-corrected chi connectivity index (χ1v) is 7.97. The van der Waals surface area contributed by atoms with E-state index in [9.17, 15) is 9.90 Å². The average Bonchev–Trinajstić information content (AvgIpc) is 3.18. The van der Waals surface area contributed by atoms with Crippen molar-refractivity contribution in [2.45, 2.75) is 31.2 Å². The summed E-state index contributed by atoms with van der Waals surface area (Å²) in [6.45, 7) is -0.0459. The third-order valence-electron chi connectivity index (χ3n) is 3.77. The van der Waals surface area contributed by atoms with Crippen molar-refractivity contribution >= 4 is 22.5 Å². The molecule has 1 saturated carbocycles. The maximum atomic E-state index is 12.1. The van der Waals surface area contributed by atoms with Crippen LogP contribution in [0.25, 0.3) is 10.7 Å². The van der Waals surface area contributed by atoms with Gasteiger partial charge in [0.15, 0.2) is 5.01 Å². The van der Waals surface area contributed by atoms with E-state index in [1.54, 1.807) is 6.20 Å². The molecule has 1 aliphatic rings. The maximum Gasteiger partial charge on any atom is 0.321 e. The molecule has 1 aliphatic carbocycles. The molecule has 2 aromatic heterocycles. The van der Waals surface area contributed by atoms with Crippen LogP contribution in [0.2, 0.25) is 0 Å². The second kappa shape index (κ2) is 6.37.